The minimum Gasteiger partial charge on any atom is -0.379 e. The molecule has 1 aliphatic rings. The zero-order chi connectivity index (χ0) is 19.2. The second-order valence-electron chi connectivity index (χ2n) is 6.16. The predicted molar refractivity (Wildman–Crippen MR) is 103 cm³/mol. The van der Waals surface area contributed by atoms with E-state index in [4.69, 9.17) is 22.1 Å². The number of benzene rings is 2. The van der Waals surface area contributed by atoms with E-state index in [0.717, 1.165) is 36.9 Å². The van der Waals surface area contributed by atoms with Gasteiger partial charge in [-0.05, 0) is 23.8 Å². The number of nitrogens with one attached hydrogen (secondary N) is 1. The Labute approximate surface area is 161 Å². The van der Waals surface area contributed by atoms with Crippen LogP contribution in [0, 0.1) is 11.6 Å². The van der Waals surface area contributed by atoms with Crippen LogP contribution in [0.3, 0.4) is 0 Å². The third kappa shape index (κ3) is 5.15. The summed E-state index contributed by atoms with van der Waals surface area (Å²) in [4.78, 5) is 6.56. The summed E-state index contributed by atoms with van der Waals surface area (Å²) in [5.74, 6) is -1.16. The fraction of sp³-hybridized carbons (Fsp3) is 0.316. The average Bonchev–Trinajstić information content (AvgIpc) is 2.67. The van der Waals surface area contributed by atoms with Gasteiger partial charge in [-0.2, -0.15) is 0 Å². The van der Waals surface area contributed by atoms with Crippen LogP contribution in [0.4, 0.5) is 14.5 Å². The second-order valence-corrected chi connectivity index (χ2v) is 6.57. The SMILES string of the molecule is NC(=NCC(c1ccccc1Cl)N1CCOCC1)Nc1cc(F)ccc1F. The lowest BCUT2D eigenvalue weighted by Gasteiger charge is -2.34. The van der Waals surface area contributed by atoms with E-state index in [9.17, 15) is 8.78 Å². The molecule has 0 saturated carbocycles. The summed E-state index contributed by atoms with van der Waals surface area (Å²) in [5, 5.41) is 3.26. The molecule has 3 N–H and O–H groups in total. The van der Waals surface area contributed by atoms with Gasteiger partial charge in [0, 0.05) is 24.2 Å². The van der Waals surface area contributed by atoms with Gasteiger partial charge in [0.1, 0.15) is 11.6 Å². The summed E-state index contributed by atoms with van der Waals surface area (Å²) in [6.07, 6.45) is 0. The maximum atomic E-state index is 13.8. The van der Waals surface area contributed by atoms with E-state index in [2.05, 4.69) is 15.2 Å². The smallest absolute Gasteiger partial charge is 0.193 e. The van der Waals surface area contributed by atoms with E-state index in [-0.39, 0.29) is 17.7 Å². The van der Waals surface area contributed by atoms with Crippen LogP contribution in [-0.4, -0.2) is 43.7 Å². The van der Waals surface area contributed by atoms with Gasteiger partial charge in [-0.1, -0.05) is 29.8 Å². The fourth-order valence-corrected chi connectivity index (χ4v) is 3.26. The Balaban J connectivity index is 1.78. The summed E-state index contributed by atoms with van der Waals surface area (Å²) in [6, 6.07) is 10.6. The normalized spacial score (nSPS) is 16.9. The molecular formula is C19H21ClF2N4O. The van der Waals surface area contributed by atoms with Gasteiger partial charge in [0.2, 0.25) is 0 Å². The van der Waals surface area contributed by atoms with Crippen LogP contribution in [0.15, 0.2) is 47.5 Å². The zero-order valence-electron chi connectivity index (χ0n) is 14.7. The molecule has 2 aromatic carbocycles. The molecule has 0 spiro atoms. The number of aliphatic imine (C=N–C) groups is 1. The Morgan fingerprint density at radius 1 is 1.22 bits per heavy atom. The molecule has 8 heteroatoms. The number of nitrogens with two attached hydrogens (primary N) is 1. The lowest BCUT2D eigenvalue weighted by atomic mass is 10.0. The summed E-state index contributed by atoms with van der Waals surface area (Å²) in [7, 11) is 0. The number of rotatable bonds is 5. The van der Waals surface area contributed by atoms with Crippen LogP contribution in [0.5, 0.6) is 0 Å². The molecule has 0 bridgehead atoms. The van der Waals surface area contributed by atoms with Crippen molar-refractivity contribution in [1.29, 1.82) is 0 Å². The third-order valence-corrected chi connectivity index (χ3v) is 4.72. The van der Waals surface area contributed by atoms with E-state index >= 15 is 0 Å². The molecule has 5 nitrogen and oxygen atoms in total. The Morgan fingerprint density at radius 2 is 1.96 bits per heavy atom. The Kier molecular flexibility index (Phi) is 6.60. The molecule has 1 heterocycles. The number of hydrogen-bond donors (Lipinski definition) is 2. The number of halogens is 3. The fourth-order valence-electron chi connectivity index (χ4n) is 3.00. The zero-order valence-corrected chi connectivity index (χ0v) is 15.4. The molecule has 1 aliphatic heterocycles. The first-order chi connectivity index (χ1) is 13.0. The molecule has 144 valence electrons. The van der Waals surface area contributed by atoms with E-state index in [1.165, 1.54) is 0 Å². The second kappa shape index (κ2) is 9.12. The first-order valence-electron chi connectivity index (χ1n) is 8.63. The van der Waals surface area contributed by atoms with Crippen LogP contribution in [0.1, 0.15) is 11.6 Å². The monoisotopic (exact) mass is 394 g/mol. The van der Waals surface area contributed by atoms with Gasteiger partial charge in [-0.3, -0.25) is 9.89 Å². The van der Waals surface area contributed by atoms with E-state index in [1.807, 2.05) is 24.3 Å². The van der Waals surface area contributed by atoms with Crippen LogP contribution >= 0.6 is 11.6 Å². The average molecular weight is 395 g/mol. The molecule has 1 fully saturated rings. The summed E-state index contributed by atoms with van der Waals surface area (Å²) < 4.78 is 32.5. The lowest BCUT2D eigenvalue weighted by Crippen LogP contribution is -2.40. The van der Waals surface area contributed by atoms with Crippen molar-refractivity contribution >= 4 is 23.2 Å². The number of morpholine rings is 1. The predicted octanol–water partition coefficient (Wildman–Crippen LogP) is 3.42. The first-order valence-corrected chi connectivity index (χ1v) is 9.00. The number of guanidine groups is 1. The van der Waals surface area contributed by atoms with Crippen LogP contribution < -0.4 is 11.1 Å². The summed E-state index contributed by atoms with van der Waals surface area (Å²) in [5.41, 5.74) is 6.77. The topological polar surface area (TPSA) is 62.9 Å². The number of anilines is 1. The van der Waals surface area contributed by atoms with Crippen molar-refractivity contribution in [1.82, 2.24) is 4.90 Å². The molecule has 1 atom stereocenters. The molecule has 0 radical (unpaired) electrons. The Bertz CT molecular complexity index is 812. The molecule has 0 amide bonds. The van der Waals surface area contributed by atoms with Gasteiger partial charge >= 0.3 is 0 Å². The minimum atomic E-state index is -0.606. The van der Waals surface area contributed by atoms with Crippen molar-refractivity contribution in [2.45, 2.75) is 6.04 Å². The van der Waals surface area contributed by atoms with Crippen molar-refractivity contribution in [2.75, 3.05) is 38.2 Å². The van der Waals surface area contributed by atoms with Crippen molar-refractivity contribution in [3.63, 3.8) is 0 Å². The number of nitrogens with zero attached hydrogens (tertiary/aromatic N) is 2. The maximum Gasteiger partial charge on any atom is 0.193 e. The molecule has 27 heavy (non-hydrogen) atoms. The molecule has 0 aromatic heterocycles. The van der Waals surface area contributed by atoms with Crippen LogP contribution in [0.2, 0.25) is 5.02 Å². The molecular weight excluding hydrogens is 374 g/mol. The highest BCUT2D eigenvalue weighted by Gasteiger charge is 2.24. The van der Waals surface area contributed by atoms with Crippen molar-refractivity contribution < 1.29 is 13.5 Å². The quantitative estimate of drug-likeness (QED) is 0.602. The summed E-state index contributed by atoms with van der Waals surface area (Å²) >= 11 is 6.38. The van der Waals surface area contributed by atoms with Gasteiger partial charge in [0.25, 0.3) is 0 Å². The van der Waals surface area contributed by atoms with E-state index in [1.54, 1.807) is 0 Å². The molecule has 1 unspecified atom stereocenters. The van der Waals surface area contributed by atoms with Gasteiger partial charge in [0.15, 0.2) is 5.96 Å². The van der Waals surface area contributed by atoms with Gasteiger partial charge in [0.05, 0.1) is 31.5 Å². The highest BCUT2D eigenvalue weighted by Crippen LogP contribution is 2.28. The van der Waals surface area contributed by atoms with Crippen molar-refractivity contribution in [3.8, 4) is 0 Å². The number of hydrogen-bond acceptors (Lipinski definition) is 3. The van der Waals surface area contributed by atoms with Crippen molar-refractivity contribution in [3.05, 3.63) is 64.7 Å². The Hall–Kier alpha value is -2.22. The highest BCUT2D eigenvalue weighted by atomic mass is 35.5. The Morgan fingerprint density at radius 3 is 2.70 bits per heavy atom. The summed E-state index contributed by atoms with van der Waals surface area (Å²) in [6.45, 7) is 3.08. The molecule has 3 rings (SSSR count). The van der Waals surface area contributed by atoms with E-state index < -0.39 is 11.6 Å². The standard InChI is InChI=1S/C19H21ClF2N4O/c20-15-4-2-1-3-14(15)18(26-7-9-27-10-8-26)12-24-19(23)25-17-11-13(21)5-6-16(17)22/h1-6,11,18H,7-10,12H2,(H3,23,24,25). The van der Waals surface area contributed by atoms with Crippen molar-refractivity contribution in [2.24, 2.45) is 10.7 Å². The molecule has 0 aliphatic carbocycles. The number of ether oxygens (including phenoxy) is 1. The largest absolute Gasteiger partial charge is 0.379 e. The molecule has 2 aromatic rings. The first kappa shape index (κ1) is 19.5. The molecule has 1 saturated heterocycles. The maximum absolute atomic E-state index is 13.8. The van der Waals surface area contributed by atoms with E-state index in [0.29, 0.717) is 24.8 Å². The van der Waals surface area contributed by atoms with Gasteiger partial charge in [-0.15, -0.1) is 0 Å². The highest BCUT2D eigenvalue weighted by molar-refractivity contribution is 6.31. The third-order valence-electron chi connectivity index (χ3n) is 4.38. The van der Waals surface area contributed by atoms with Crippen LogP contribution in [-0.2, 0) is 4.74 Å². The van der Waals surface area contributed by atoms with Crippen LogP contribution in [0.25, 0.3) is 0 Å². The lowest BCUT2D eigenvalue weighted by molar-refractivity contribution is 0.0180. The van der Waals surface area contributed by atoms with Gasteiger partial charge in [-0.25, -0.2) is 8.78 Å². The van der Waals surface area contributed by atoms with Gasteiger partial charge < -0.3 is 15.8 Å². The minimum absolute atomic E-state index is 0.00446.